The standard InChI is InChI=1S/C20H28O4/c1-3-5-9-17(4-2)16-24-20(22)13-12-19(21)23-15-14-18-10-7-6-8-11-18/h6-8,10-13,17H,3-5,9,14-16H2,1-2H3/b13-12+. The van der Waals surface area contributed by atoms with Crippen LogP contribution >= 0.6 is 0 Å². The van der Waals surface area contributed by atoms with E-state index in [9.17, 15) is 9.59 Å². The number of hydrogen-bond donors (Lipinski definition) is 0. The summed E-state index contributed by atoms with van der Waals surface area (Å²) in [5.41, 5.74) is 1.10. The molecule has 0 heterocycles. The quantitative estimate of drug-likeness (QED) is 0.452. The molecule has 1 rings (SSSR count). The van der Waals surface area contributed by atoms with Gasteiger partial charge >= 0.3 is 11.9 Å². The Hall–Kier alpha value is -2.10. The van der Waals surface area contributed by atoms with E-state index >= 15 is 0 Å². The number of carbonyl (C=O) groups is 2. The Morgan fingerprint density at radius 3 is 2.33 bits per heavy atom. The van der Waals surface area contributed by atoms with Crippen molar-refractivity contribution in [1.82, 2.24) is 0 Å². The van der Waals surface area contributed by atoms with Crippen LogP contribution in [0.4, 0.5) is 0 Å². The number of unbranched alkanes of at least 4 members (excludes halogenated alkanes) is 1. The van der Waals surface area contributed by atoms with Crippen LogP contribution in [0.15, 0.2) is 42.5 Å². The SMILES string of the molecule is CCCCC(CC)COC(=O)/C=C/C(=O)OCCc1ccccc1. The second-order valence-corrected chi connectivity index (χ2v) is 5.78. The van der Waals surface area contributed by atoms with Gasteiger partial charge in [-0.3, -0.25) is 0 Å². The molecule has 0 aromatic heterocycles. The highest BCUT2D eigenvalue weighted by atomic mass is 16.5. The fourth-order valence-corrected chi connectivity index (χ4v) is 2.24. The van der Waals surface area contributed by atoms with Crippen LogP contribution in [0, 0.1) is 5.92 Å². The zero-order valence-electron chi connectivity index (χ0n) is 14.7. The lowest BCUT2D eigenvalue weighted by atomic mass is 10.0. The van der Waals surface area contributed by atoms with Gasteiger partial charge in [0.25, 0.3) is 0 Å². The largest absolute Gasteiger partial charge is 0.462 e. The topological polar surface area (TPSA) is 52.6 Å². The number of carbonyl (C=O) groups excluding carboxylic acids is 2. The number of hydrogen-bond acceptors (Lipinski definition) is 4. The molecule has 4 heteroatoms. The summed E-state index contributed by atoms with van der Waals surface area (Å²) in [5, 5.41) is 0. The van der Waals surface area contributed by atoms with Crippen molar-refractivity contribution < 1.29 is 19.1 Å². The summed E-state index contributed by atoms with van der Waals surface area (Å²) in [4.78, 5) is 23.2. The van der Waals surface area contributed by atoms with Crippen LogP contribution in [0.5, 0.6) is 0 Å². The summed E-state index contributed by atoms with van der Waals surface area (Å²) in [6.07, 6.45) is 7.24. The van der Waals surface area contributed by atoms with Gasteiger partial charge in [0, 0.05) is 18.6 Å². The van der Waals surface area contributed by atoms with Gasteiger partial charge in [0.1, 0.15) is 0 Å². The maximum Gasteiger partial charge on any atom is 0.331 e. The zero-order valence-corrected chi connectivity index (χ0v) is 14.7. The third-order valence-corrected chi connectivity index (χ3v) is 3.84. The highest BCUT2D eigenvalue weighted by Crippen LogP contribution is 2.12. The molecule has 0 saturated heterocycles. The Morgan fingerprint density at radius 1 is 1.04 bits per heavy atom. The van der Waals surface area contributed by atoms with Crippen molar-refractivity contribution >= 4 is 11.9 Å². The number of esters is 2. The summed E-state index contributed by atoms with van der Waals surface area (Å²) >= 11 is 0. The normalized spacial score (nSPS) is 12.1. The molecule has 0 bridgehead atoms. The van der Waals surface area contributed by atoms with Crippen molar-refractivity contribution in [3.05, 3.63) is 48.0 Å². The highest BCUT2D eigenvalue weighted by molar-refractivity contribution is 5.91. The predicted molar refractivity (Wildman–Crippen MR) is 94.5 cm³/mol. The Balaban J connectivity index is 2.21. The maximum absolute atomic E-state index is 11.6. The first-order valence-corrected chi connectivity index (χ1v) is 8.71. The lowest BCUT2D eigenvalue weighted by Crippen LogP contribution is -2.13. The molecule has 1 atom stereocenters. The van der Waals surface area contributed by atoms with Gasteiger partial charge in [0.05, 0.1) is 13.2 Å². The smallest absolute Gasteiger partial charge is 0.331 e. The van der Waals surface area contributed by atoms with Crippen molar-refractivity contribution in [3.8, 4) is 0 Å². The molecule has 0 radical (unpaired) electrons. The van der Waals surface area contributed by atoms with Gasteiger partial charge in [0.2, 0.25) is 0 Å². The summed E-state index contributed by atoms with van der Waals surface area (Å²) in [7, 11) is 0. The molecule has 0 N–H and O–H groups in total. The Morgan fingerprint density at radius 2 is 1.71 bits per heavy atom. The van der Waals surface area contributed by atoms with Gasteiger partial charge in [-0.25, -0.2) is 9.59 Å². The summed E-state index contributed by atoms with van der Waals surface area (Å²) in [6, 6.07) is 9.77. The molecule has 0 saturated carbocycles. The van der Waals surface area contributed by atoms with Crippen molar-refractivity contribution in [2.24, 2.45) is 5.92 Å². The molecule has 1 aromatic carbocycles. The number of ether oxygens (including phenoxy) is 2. The minimum Gasteiger partial charge on any atom is -0.462 e. The van der Waals surface area contributed by atoms with Gasteiger partial charge in [-0.15, -0.1) is 0 Å². The lowest BCUT2D eigenvalue weighted by Gasteiger charge is -2.13. The van der Waals surface area contributed by atoms with Crippen LogP contribution in [0.2, 0.25) is 0 Å². The van der Waals surface area contributed by atoms with Crippen LogP contribution in [0.25, 0.3) is 0 Å². The third-order valence-electron chi connectivity index (χ3n) is 3.84. The van der Waals surface area contributed by atoms with Crippen molar-refractivity contribution in [3.63, 3.8) is 0 Å². The second-order valence-electron chi connectivity index (χ2n) is 5.78. The Bertz CT molecular complexity index is 508. The van der Waals surface area contributed by atoms with Crippen LogP contribution in [0.1, 0.15) is 45.1 Å². The van der Waals surface area contributed by atoms with E-state index in [1.807, 2.05) is 30.3 Å². The molecule has 0 amide bonds. The first-order valence-electron chi connectivity index (χ1n) is 8.71. The third kappa shape index (κ3) is 9.13. The van der Waals surface area contributed by atoms with Crippen LogP contribution < -0.4 is 0 Å². The molecule has 1 aromatic rings. The van der Waals surface area contributed by atoms with E-state index in [2.05, 4.69) is 13.8 Å². The summed E-state index contributed by atoms with van der Waals surface area (Å²) in [6.45, 7) is 4.93. The molecular formula is C20H28O4. The average Bonchev–Trinajstić information content (AvgIpc) is 2.61. The molecule has 0 aliphatic carbocycles. The zero-order chi connectivity index (χ0) is 17.6. The minimum absolute atomic E-state index is 0.289. The van der Waals surface area contributed by atoms with Gasteiger partial charge in [-0.05, 0) is 17.9 Å². The van der Waals surface area contributed by atoms with E-state index in [0.29, 0.717) is 18.9 Å². The predicted octanol–water partition coefficient (Wildman–Crippen LogP) is 4.09. The fraction of sp³-hybridized carbons (Fsp3) is 0.500. The molecule has 0 fully saturated rings. The molecule has 1 unspecified atom stereocenters. The molecule has 0 aliphatic heterocycles. The van der Waals surface area contributed by atoms with Gasteiger partial charge < -0.3 is 9.47 Å². The van der Waals surface area contributed by atoms with Gasteiger partial charge in [-0.2, -0.15) is 0 Å². The van der Waals surface area contributed by atoms with E-state index in [1.165, 1.54) is 0 Å². The molecule has 4 nitrogen and oxygen atoms in total. The molecule has 0 aliphatic rings. The van der Waals surface area contributed by atoms with Crippen LogP contribution in [-0.2, 0) is 25.5 Å². The number of benzene rings is 1. The van der Waals surface area contributed by atoms with Crippen molar-refractivity contribution in [1.29, 1.82) is 0 Å². The highest BCUT2D eigenvalue weighted by Gasteiger charge is 2.08. The van der Waals surface area contributed by atoms with Crippen LogP contribution in [0.3, 0.4) is 0 Å². The van der Waals surface area contributed by atoms with Crippen molar-refractivity contribution in [2.75, 3.05) is 13.2 Å². The van der Waals surface area contributed by atoms with Crippen molar-refractivity contribution in [2.45, 2.75) is 46.0 Å². The molecule has 24 heavy (non-hydrogen) atoms. The van der Waals surface area contributed by atoms with E-state index in [-0.39, 0.29) is 6.61 Å². The van der Waals surface area contributed by atoms with Gasteiger partial charge in [-0.1, -0.05) is 63.4 Å². The number of rotatable bonds is 11. The minimum atomic E-state index is -0.527. The lowest BCUT2D eigenvalue weighted by molar-refractivity contribution is -0.141. The van der Waals surface area contributed by atoms with Gasteiger partial charge in [0.15, 0.2) is 0 Å². The van der Waals surface area contributed by atoms with E-state index in [0.717, 1.165) is 43.4 Å². The van der Waals surface area contributed by atoms with E-state index in [4.69, 9.17) is 9.47 Å². The maximum atomic E-state index is 11.6. The Labute approximate surface area is 144 Å². The summed E-state index contributed by atoms with van der Waals surface area (Å²) in [5.74, 6) is -0.633. The summed E-state index contributed by atoms with van der Waals surface area (Å²) < 4.78 is 10.2. The first-order chi connectivity index (χ1) is 11.7. The van der Waals surface area contributed by atoms with E-state index in [1.54, 1.807) is 0 Å². The Kier molecular flexibility index (Phi) is 10.3. The molecule has 132 valence electrons. The monoisotopic (exact) mass is 332 g/mol. The first kappa shape index (κ1) is 19.9. The fourth-order valence-electron chi connectivity index (χ4n) is 2.24. The average molecular weight is 332 g/mol. The van der Waals surface area contributed by atoms with Crippen LogP contribution in [-0.4, -0.2) is 25.2 Å². The molecule has 0 spiro atoms. The van der Waals surface area contributed by atoms with E-state index < -0.39 is 11.9 Å². The second kappa shape index (κ2) is 12.3. The molecular weight excluding hydrogens is 304 g/mol.